The molecule has 8 N–H and O–H groups in total. The molecular weight excluding hydrogens is 567 g/mol. The number of carbonyl (C=O) groups excluding carboxylic acids is 2. The van der Waals surface area contributed by atoms with Crippen molar-refractivity contribution in [2.24, 2.45) is 5.16 Å². The van der Waals surface area contributed by atoms with Crippen LogP contribution in [0.5, 0.6) is 0 Å². The van der Waals surface area contributed by atoms with Gasteiger partial charge in [0.05, 0.1) is 0 Å². The Bertz CT molecular complexity index is 1450. The van der Waals surface area contributed by atoms with E-state index in [1.165, 1.54) is 35.2 Å². The first-order chi connectivity index (χ1) is 18.7. The maximum atomic E-state index is 13.0. The number of oxime groups is 1. The zero-order chi connectivity index (χ0) is 28.1. The van der Waals surface area contributed by atoms with Crippen molar-refractivity contribution in [1.29, 1.82) is 0 Å². The summed E-state index contributed by atoms with van der Waals surface area (Å²) in [5, 5.41) is 17.8. The Kier molecular flexibility index (Phi) is 8.59. The number of anilines is 3. The summed E-state index contributed by atoms with van der Waals surface area (Å²) in [7, 11) is 0. The molecule has 17 heteroatoms. The van der Waals surface area contributed by atoms with Gasteiger partial charge in [-0.25, -0.2) is 19.7 Å². The molecule has 0 spiro atoms. The number of carboxylic acids is 1. The van der Waals surface area contributed by atoms with Crippen LogP contribution in [0.4, 0.5) is 16.6 Å². The van der Waals surface area contributed by atoms with Crippen LogP contribution in [0.25, 0.3) is 0 Å². The number of hydrogen-bond donors (Lipinski definition) is 5. The van der Waals surface area contributed by atoms with Crippen molar-refractivity contribution < 1.29 is 24.3 Å². The molecular formula is C22H21N9O5S3. The normalized spacial score (nSPS) is 18.9. The van der Waals surface area contributed by atoms with Gasteiger partial charge in [0.25, 0.3) is 11.8 Å². The van der Waals surface area contributed by atoms with Crippen molar-refractivity contribution in [3.8, 4) is 12.3 Å². The molecule has 202 valence electrons. The number of nitrogen functional groups attached to an aromatic ring is 3. The summed E-state index contributed by atoms with van der Waals surface area (Å²) >= 11 is 3.70. The second kappa shape index (κ2) is 12.1. The highest BCUT2D eigenvalue weighted by Crippen LogP contribution is 2.40. The third-order valence-electron chi connectivity index (χ3n) is 5.28. The van der Waals surface area contributed by atoms with Crippen molar-refractivity contribution in [1.82, 2.24) is 25.2 Å². The summed E-state index contributed by atoms with van der Waals surface area (Å²) in [6, 6.07) is -0.988. The predicted molar refractivity (Wildman–Crippen MR) is 148 cm³/mol. The fraction of sp³-hybridized carbons (Fsp3) is 0.227. The van der Waals surface area contributed by atoms with Gasteiger partial charge in [-0.15, -0.1) is 29.5 Å². The Labute approximate surface area is 234 Å². The first-order valence-electron chi connectivity index (χ1n) is 10.9. The van der Waals surface area contributed by atoms with Crippen LogP contribution in [0.3, 0.4) is 0 Å². The molecule has 0 bridgehead atoms. The van der Waals surface area contributed by atoms with E-state index in [1.54, 1.807) is 12.2 Å². The number of nitrogens with one attached hydrogen (secondary N) is 1. The summed E-state index contributed by atoms with van der Waals surface area (Å²) < 4.78 is 0. The fourth-order valence-corrected chi connectivity index (χ4v) is 6.14. The molecule has 2 amide bonds. The van der Waals surface area contributed by atoms with Crippen molar-refractivity contribution in [2.75, 3.05) is 35.3 Å². The first kappa shape index (κ1) is 27.8. The summed E-state index contributed by atoms with van der Waals surface area (Å²) in [5.74, 6) is 0.524. The van der Waals surface area contributed by atoms with Gasteiger partial charge in [-0.3, -0.25) is 14.5 Å². The van der Waals surface area contributed by atoms with E-state index < -0.39 is 29.2 Å². The number of aromatic nitrogens is 3. The number of nitrogens with two attached hydrogens (primary N) is 3. The molecule has 14 nitrogen and oxygen atoms in total. The molecule has 2 aliphatic heterocycles. The number of amides is 2. The minimum Gasteiger partial charge on any atom is -0.477 e. The maximum Gasteiger partial charge on any atom is 0.352 e. The lowest BCUT2D eigenvalue weighted by atomic mass is 10.0. The number of thioether (sulfide) groups is 2. The number of allylic oxidation sites excluding steroid dienone is 1. The average Bonchev–Trinajstić information content (AvgIpc) is 3.34. The molecule has 2 aromatic heterocycles. The highest BCUT2D eigenvalue weighted by atomic mass is 32.2. The minimum atomic E-state index is -1.26. The topological polar surface area (TPSA) is 225 Å². The Morgan fingerprint density at radius 1 is 1.38 bits per heavy atom. The number of hydrogen-bond acceptors (Lipinski definition) is 14. The predicted octanol–water partition coefficient (Wildman–Crippen LogP) is 0.121. The van der Waals surface area contributed by atoms with Crippen molar-refractivity contribution >= 4 is 75.0 Å². The Hall–Kier alpha value is -4.27. The summed E-state index contributed by atoms with van der Waals surface area (Å²) in [6.07, 6.45) is 9.84. The third-order valence-corrected chi connectivity index (χ3v) is 8.22. The largest absolute Gasteiger partial charge is 0.477 e. The molecule has 0 aliphatic carbocycles. The molecule has 4 heterocycles. The summed E-state index contributed by atoms with van der Waals surface area (Å²) in [6.45, 7) is -0.187. The molecule has 0 saturated carbocycles. The van der Waals surface area contributed by atoms with Gasteiger partial charge in [-0.2, -0.15) is 0 Å². The van der Waals surface area contributed by atoms with E-state index in [9.17, 15) is 19.5 Å². The van der Waals surface area contributed by atoms with Gasteiger partial charge in [0, 0.05) is 16.9 Å². The number of nitrogens with zero attached hydrogens (tertiary/aromatic N) is 5. The fourth-order valence-electron chi connectivity index (χ4n) is 3.54. The Morgan fingerprint density at radius 2 is 2.18 bits per heavy atom. The Balaban J connectivity index is 1.46. The second-order valence-corrected chi connectivity index (χ2v) is 10.7. The van der Waals surface area contributed by atoms with E-state index in [0.29, 0.717) is 22.1 Å². The maximum absolute atomic E-state index is 13.0. The summed E-state index contributed by atoms with van der Waals surface area (Å²) in [5.41, 5.74) is 17.7. The van der Waals surface area contributed by atoms with Crippen molar-refractivity contribution in [3.05, 3.63) is 40.8 Å². The van der Waals surface area contributed by atoms with E-state index in [4.69, 9.17) is 28.5 Å². The van der Waals surface area contributed by atoms with Crippen molar-refractivity contribution in [2.45, 2.75) is 16.4 Å². The molecule has 4 rings (SSSR count). The van der Waals surface area contributed by atoms with Gasteiger partial charge in [-0.1, -0.05) is 35.0 Å². The van der Waals surface area contributed by atoms with E-state index in [2.05, 4.69) is 31.3 Å². The molecule has 0 radical (unpaired) electrons. The smallest absolute Gasteiger partial charge is 0.352 e. The highest BCUT2D eigenvalue weighted by Gasteiger charge is 2.54. The number of rotatable bonds is 10. The van der Waals surface area contributed by atoms with Crippen LogP contribution in [0, 0.1) is 12.3 Å². The molecule has 0 aromatic carbocycles. The quantitative estimate of drug-likeness (QED) is 0.0474. The van der Waals surface area contributed by atoms with Gasteiger partial charge >= 0.3 is 5.97 Å². The first-order valence-corrected chi connectivity index (χ1v) is 13.9. The number of aliphatic carboxylic acids is 1. The lowest BCUT2D eigenvalue weighted by Crippen LogP contribution is -2.71. The van der Waals surface area contributed by atoms with Gasteiger partial charge in [-0.05, 0) is 5.57 Å². The number of β-lactam (4-membered cyclic amide) rings is 1. The SMILES string of the molecule is C#CCO/N=C(\C(=O)N[C@@H]1C(=O)N2C(C(=O)O)=C(/C=C/CSc3ncnc(N)c3N)CS[C@H]12)c1csc(N)n1. The molecule has 0 unspecified atom stereocenters. The number of fused-ring (bicyclic) bond motifs is 1. The van der Waals surface area contributed by atoms with Crippen LogP contribution in [-0.2, 0) is 19.2 Å². The van der Waals surface area contributed by atoms with Crippen LogP contribution in [0.1, 0.15) is 5.69 Å². The average molecular weight is 588 g/mol. The van der Waals surface area contributed by atoms with Gasteiger partial charge in [0.1, 0.15) is 39.8 Å². The number of thiazole rings is 1. The molecule has 1 saturated heterocycles. The molecule has 2 aliphatic rings. The minimum absolute atomic E-state index is 0.148. The molecule has 1 fully saturated rings. The zero-order valence-corrected chi connectivity index (χ0v) is 22.4. The molecule has 2 aromatic rings. The van der Waals surface area contributed by atoms with E-state index in [0.717, 1.165) is 16.2 Å². The van der Waals surface area contributed by atoms with Crippen LogP contribution in [-0.4, -0.2) is 78.0 Å². The van der Waals surface area contributed by atoms with Crippen molar-refractivity contribution in [3.63, 3.8) is 0 Å². The zero-order valence-electron chi connectivity index (χ0n) is 19.9. The van der Waals surface area contributed by atoms with Gasteiger partial charge < -0.3 is 32.5 Å². The van der Waals surface area contributed by atoms with E-state index >= 15 is 0 Å². The van der Waals surface area contributed by atoms with Gasteiger partial charge in [0.15, 0.2) is 23.3 Å². The van der Waals surface area contributed by atoms with E-state index in [-0.39, 0.29) is 40.3 Å². The van der Waals surface area contributed by atoms with Crippen LogP contribution in [0.2, 0.25) is 0 Å². The molecule has 39 heavy (non-hydrogen) atoms. The van der Waals surface area contributed by atoms with Crippen LogP contribution >= 0.6 is 34.9 Å². The number of carboxylic acid groups (broad SMARTS) is 1. The number of carbonyl (C=O) groups is 3. The lowest BCUT2D eigenvalue weighted by Gasteiger charge is -2.49. The molecule has 2 atom stereocenters. The van der Waals surface area contributed by atoms with Crippen LogP contribution in [0.15, 0.2) is 45.3 Å². The van der Waals surface area contributed by atoms with Crippen LogP contribution < -0.4 is 22.5 Å². The monoisotopic (exact) mass is 587 g/mol. The Morgan fingerprint density at radius 3 is 2.87 bits per heavy atom. The summed E-state index contributed by atoms with van der Waals surface area (Å²) in [4.78, 5) is 56.1. The third kappa shape index (κ3) is 5.92. The number of terminal acetylenes is 1. The second-order valence-electron chi connectivity index (χ2n) is 7.72. The highest BCUT2D eigenvalue weighted by molar-refractivity contribution is 8.00. The van der Waals surface area contributed by atoms with E-state index in [1.807, 2.05) is 0 Å². The lowest BCUT2D eigenvalue weighted by molar-refractivity contribution is -0.150. The van der Waals surface area contributed by atoms with Gasteiger partial charge in [0.2, 0.25) is 0 Å². The standard InChI is InChI=1S/C22H21N9O5S3/c1-2-5-36-30-13(11-8-39-22(25)28-11)17(32)29-14-19(33)31-15(21(34)35)10(7-38-20(14)31)4-3-6-37-18-12(23)16(24)26-9-27-18/h1,3-4,8-9,14,20H,5-7,23H2,(H2,25,28)(H,29,32)(H,34,35)(H2,24,26,27)/b4-3+,30-13-/t14-,20-/m1/s1.